The molecule has 4 amide bonds. The van der Waals surface area contributed by atoms with E-state index in [0.717, 1.165) is 5.69 Å². The van der Waals surface area contributed by atoms with Crippen LogP contribution in [0.1, 0.15) is 37.0 Å². The summed E-state index contributed by atoms with van der Waals surface area (Å²) < 4.78 is 5.34. The van der Waals surface area contributed by atoms with E-state index >= 15 is 0 Å². The van der Waals surface area contributed by atoms with E-state index in [-0.39, 0.29) is 42.1 Å². The zero-order chi connectivity index (χ0) is 26.0. The molecule has 10 nitrogen and oxygen atoms in total. The number of carbonyl (C=O) groups excluding carboxylic acids is 4. The summed E-state index contributed by atoms with van der Waals surface area (Å²) in [5, 5.41) is 2.91. The molecule has 1 aromatic rings. The maximum absolute atomic E-state index is 13.7. The Morgan fingerprint density at radius 1 is 1.06 bits per heavy atom. The summed E-state index contributed by atoms with van der Waals surface area (Å²) in [4.78, 5) is 59.7. The Labute approximate surface area is 212 Å². The molecule has 3 atom stereocenters. The van der Waals surface area contributed by atoms with Gasteiger partial charge in [-0.3, -0.25) is 14.4 Å². The summed E-state index contributed by atoms with van der Waals surface area (Å²) >= 11 is 0. The lowest BCUT2D eigenvalue weighted by Gasteiger charge is -2.33. The predicted octanol–water partition coefficient (Wildman–Crippen LogP) is 1.20. The Balaban J connectivity index is 1.46. The van der Waals surface area contributed by atoms with Crippen molar-refractivity contribution in [2.75, 3.05) is 58.4 Å². The molecule has 0 bridgehead atoms. The zero-order valence-electron chi connectivity index (χ0n) is 21.6. The Morgan fingerprint density at radius 3 is 2.33 bits per heavy atom. The number of Topliss-reactive ketones (excluding diaryl/α,β-unsaturated/α-hetero) is 1. The summed E-state index contributed by atoms with van der Waals surface area (Å²) in [6, 6.07) is 5.29. The largest absolute Gasteiger partial charge is 0.378 e. The molecule has 1 aromatic carbocycles. The molecule has 0 saturated carbocycles. The first-order chi connectivity index (χ1) is 17.2. The molecule has 3 aliphatic heterocycles. The maximum Gasteiger partial charge on any atom is 0.320 e. The smallest absolute Gasteiger partial charge is 0.320 e. The number of rotatable bonds is 6. The highest BCUT2D eigenvalue weighted by Crippen LogP contribution is 2.31. The number of amides is 4. The van der Waals surface area contributed by atoms with Crippen molar-refractivity contribution < 1.29 is 23.9 Å². The molecular weight excluding hydrogens is 462 g/mol. The number of anilines is 1. The standard InChI is InChI=1S/C26H37N5O5/c1-17(2)15-20(27-24(33)18-5-7-19(8-6-18)28(3)4)25(34)30-10-9-21-23(30)22(32)16-31(21)26(35)29-11-13-36-14-12-29/h5-8,17,20-21,23H,9-16H2,1-4H3,(H,27,33)/t20-,21?,23?/m0/s1. The second-order valence-corrected chi connectivity index (χ2v) is 10.4. The summed E-state index contributed by atoms with van der Waals surface area (Å²) in [6.07, 6.45) is 1.01. The monoisotopic (exact) mass is 499 g/mol. The van der Waals surface area contributed by atoms with E-state index in [1.54, 1.807) is 26.8 Å². The van der Waals surface area contributed by atoms with Gasteiger partial charge >= 0.3 is 6.03 Å². The average molecular weight is 500 g/mol. The summed E-state index contributed by atoms with van der Waals surface area (Å²) in [7, 11) is 3.85. The number of ketones is 1. The Kier molecular flexibility index (Phi) is 7.82. The van der Waals surface area contributed by atoms with Crippen LogP contribution < -0.4 is 10.2 Å². The number of benzene rings is 1. The first-order valence-corrected chi connectivity index (χ1v) is 12.7. The highest BCUT2D eigenvalue weighted by atomic mass is 16.5. The number of nitrogens with one attached hydrogen (secondary N) is 1. The average Bonchev–Trinajstić information content (AvgIpc) is 3.44. The number of urea groups is 1. The first-order valence-electron chi connectivity index (χ1n) is 12.7. The van der Waals surface area contributed by atoms with Gasteiger partial charge in [0, 0.05) is 45.0 Å². The first kappa shape index (κ1) is 25.9. The SMILES string of the molecule is CC(C)C[C@H](NC(=O)c1ccc(N(C)C)cc1)C(=O)N1CCC2C1C(=O)CN2C(=O)N1CCOCC1. The van der Waals surface area contributed by atoms with Crippen LogP contribution in [0.15, 0.2) is 24.3 Å². The third-order valence-corrected chi connectivity index (χ3v) is 7.19. The van der Waals surface area contributed by atoms with E-state index in [1.807, 2.05) is 45.0 Å². The van der Waals surface area contributed by atoms with Gasteiger partial charge in [-0.05, 0) is 43.0 Å². The Hall–Kier alpha value is -3.14. The van der Waals surface area contributed by atoms with Crippen molar-refractivity contribution in [2.24, 2.45) is 5.92 Å². The minimum atomic E-state index is -0.749. The lowest BCUT2D eigenvalue weighted by molar-refractivity contribution is -0.138. The summed E-state index contributed by atoms with van der Waals surface area (Å²) in [5.74, 6) is -0.547. The Bertz CT molecular complexity index is 989. The van der Waals surface area contributed by atoms with Gasteiger partial charge in [-0.15, -0.1) is 0 Å². The van der Waals surface area contributed by atoms with Gasteiger partial charge in [0.15, 0.2) is 5.78 Å². The normalized spacial score (nSPS) is 22.6. The van der Waals surface area contributed by atoms with Gasteiger partial charge in [0.2, 0.25) is 5.91 Å². The number of hydrogen-bond acceptors (Lipinski definition) is 6. The second kappa shape index (κ2) is 10.9. The van der Waals surface area contributed by atoms with Gasteiger partial charge in [-0.2, -0.15) is 0 Å². The van der Waals surface area contributed by atoms with Gasteiger partial charge in [0.1, 0.15) is 12.1 Å². The minimum Gasteiger partial charge on any atom is -0.378 e. The maximum atomic E-state index is 13.7. The van der Waals surface area contributed by atoms with Crippen molar-refractivity contribution in [2.45, 2.75) is 44.8 Å². The summed E-state index contributed by atoms with van der Waals surface area (Å²) in [5.41, 5.74) is 1.45. The lowest BCUT2D eigenvalue weighted by atomic mass is 10.0. The third kappa shape index (κ3) is 5.33. The number of fused-ring (bicyclic) bond motifs is 1. The fourth-order valence-corrected chi connectivity index (χ4v) is 5.31. The van der Waals surface area contributed by atoms with Crippen LogP contribution in [0.5, 0.6) is 0 Å². The molecule has 196 valence electrons. The van der Waals surface area contributed by atoms with E-state index < -0.39 is 12.1 Å². The highest BCUT2D eigenvalue weighted by molar-refractivity contribution is 6.00. The van der Waals surface area contributed by atoms with Crippen molar-refractivity contribution in [3.8, 4) is 0 Å². The van der Waals surface area contributed by atoms with Crippen LogP contribution in [0.25, 0.3) is 0 Å². The molecule has 4 rings (SSSR count). The molecule has 3 fully saturated rings. The third-order valence-electron chi connectivity index (χ3n) is 7.19. The molecule has 10 heteroatoms. The molecule has 3 saturated heterocycles. The molecule has 3 aliphatic rings. The quantitative estimate of drug-likeness (QED) is 0.631. The van der Waals surface area contributed by atoms with Crippen molar-refractivity contribution in [1.82, 2.24) is 20.0 Å². The molecule has 3 heterocycles. The summed E-state index contributed by atoms with van der Waals surface area (Å²) in [6.45, 7) is 6.36. The fourth-order valence-electron chi connectivity index (χ4n) is 5.31. The molecule has 0 spiro atoms. The van der Waals surface area contributed by atoms with E-state index in [9.17, 15) is 19.2 Å². The molecule has 1 N–H and O–H groups in total. The van der Waals surface area contributed by atoms with Crippen LogP contribution in [-0.4, -0.2) is 110 Å². The van der Waals surface area contributed by atoms with E-state index in [2.05, 4.69) is 5.32 Å². The number of likely N-dealkylation sites (tertiary alicyclic amines) is 2. The van der Waals surface area contributed by atoms with E-state index in [1.165, 1.54) is 0 Å². The van der Waals surface area contributed by atoms with E-state index in [4.69, 9.17) is 4.74 Å². The number of hydrogen-bond donors (Lipinski definition) is 1. The van der Waals surface area contributed by atoms with Crippen LogP contribution in [-0.2, 0) is 14.3 Å². The van der Waals surface area contributed by atoms with Gasteiger partial charge in [0.05, 0.1) is 25.8 Å². The van der Waals surface area contributed by atoms with Crippen molar-refractivity contribution in [3.63, 3.8) is 0 Å². The molecule has 36 heavy (non-hydrogen) atoms. The lowest BCUT2D eigenvalue weighted by Crippen LogP contribution is -2.53. The Morgan fingerprint density at radius 2 is 1.72 bits per heavy atom. The van der Waals surface area contributed by atoms with Gasteiger partial charge in [-0.1, -0.05) is 13.8 Å². The van der Waals surface area contributed by atoms with Crippen LogP contribution in [0.2, 0.25) is 0 Å². The number of morpholine rings is 1. The number of ether oxygens (including phenoxy) is 1. The van der Waals surface area contributed by atoms with Crippen molar-refractivity contribution in [1.29, 1.82) is 0 Å². The molecule has 0 aliphatic carbocycles. The molecule has 0 aromatic heterocycles. The highest BCUT2D eigenvalue weighted by Gasteiger charge is 2.53. The van der Waals surface area contributed by atoms with E-state index in [0.29, 0.717) is 51.3 Å². The van der Waals surface area contributed by atoms with Crippen molar-refractivity contribution in [3.05, 3.63) is 29.8 Å². The van der Waals surface area contributed by atoms with Gasteiger partial charge < -0.3 is 29.7 Å². The zero-order valence-corrected chi connectivity index (χ0v) is 21.6. The van der Waals surface area contributed by atoms with Gasteiger partial charge in [0.25, 0.3) is 5.91 Å². The number of carbonyl (C=O) groups is 4. The molecular formula is C26H37N5O5. The topological polar surface area (TPSA) is 102 Å². The number of nitrogens with zero attached hydrogens (tertiary/aromatic N) is 4. The minimum absolute atomic E-state index is 0.00866. The van der Waals surface area contributed by atoms with Crippen LogP contribution in [0, 0.1) is 5.92 Å². The fraction of sp³-hybridized carbons (Fsp3) is 0.615. The van der Waals surface area contributed by atoms with Gasteiger partial charge in [-0.25, -0.2) is 4.79 Å². The van der Waals surface area contributed by atoms with Crippen LogP contribution in [0.3, 0.4) is 0 Å². The second-order valence-electron chi connectivity index (χ2n) is 10.4. The van der Waals surface area contributed by atoms with Crippen molar-refractivity contribution >= 4 is 29.3 Å². The predicted molar refractivity (Wildman–Crippen MR) is 135 cm³/mol. The molecule has 0 radical (unpaired) electrons. The van der Waals surface area contributed by atoms with Crippen LogP contribution >= 0.6 is 0 Å². The van der Waals surface area contributed by atoms with Crippen LogP contribution in [0.4, 0.5) is 10.5 Å². The molecule has 2 unspecified atom stereocenters.